The van der Waals surface area contributed by atoms with E-state index in [4.69, 9.17) is 0 Å². The monoisotopic (exact) mass is 357 g/mol. The molecule has 1 N–H and O–H groups in total. The Kier molecular flexibility index (Phi) is 4.94. The Morgan fingerprint density at radius 1 is 1.12 bits per heavy atom. The fourth-order valence-electron chi connectivity index (χ4n) is 3.33. The fourth-order valence-corrected chi connectivity index (χ4v) is 4.85. The van der Waals surface area contributed by atoms with Crippen LogP contribution in [0.4, 0.5) is 4.39 Å². The lowest BCUT2D eigenvalue weighted by atomic mass is 10.0. The highest BCUT2D eigenvalue weighted by Gasteiger charge is 2.42. The Bertz CT molecular complexity index is 674. The molecule has 0 radical (unpaired) electrons. The highest BCUT2D eigenvalue weighted by atomic mass is 32.2. The van der Waals surface area contributed by atoms with E-state index in [0.29, 0.717) is 13.0 Å². The van der Waals surface area contributed by atoms with Crippen LogP contribution in [0.3, 0.4) is 0 Å². The normalized spacial score (nSPS) is 27.6. The summed E-state index contributed by atoms with van der Waals surface area (Å²) in [7, 11) is -1.63. The molecule has 1 unspecified atom stereocenters. The van der Waals surface area contributed by atoms with Crippen LogP contribution in [0.25, 0.3) is 0 Å². The second-order valence-electron chi connectivity index (χ2n) is 6.85. The first-order valence-corrected chi connectivity index (χ1v) is 9.62. The predicted octanol–water partition coefficient (Wildman–Crippen LogP) is 0.199. The van der Waals surface area contributed by atoms with Crippen LogP contribution in [0.5, 0.6) is 0 Å². The summed E-state index contributed by atoms with van der Waals surface area (Å²) < 4.78 is 39.6. The quantitative estimate of drug-likeness (QED) is 0.834. The van der Waals surface area contributed by atoms with Gasteiger partial charge in [-0.05, 0) is 37.7 Å². The van der Waals surface area contributed by atoms with Gasteiger partial charge in [-0.3, -0.25) is 4.90 Å². The van der Waals surface area contributed by atoms with Crippen molar-refractivity contribution in [2.75, 3.05) is 52.9 Å². The van der Waals surface area contributed by atoms with Gasteiger partial charge in [-0.1, -0.05) is 0 Å². The van der Waals surface area contributed by atoms with Gasteiger partial charge in [-0.2, -0.15) is 4.31 Å². The number of aliphatic hydroxyl groups is 1. The molecule has 1 aromatic carbocycles. The number of β-amino-alcohol motifs (C(OH)–C–C–N with tert-alkyl or cyclic N) is 1. The van der Waals surface area contributed by atoms with E-state index in [-0.39, 0.29) is 18.0 Å². The largest absolute Gasteiger partial charge is 0.387 e. The minimum atomic E-state index is -3.70. The summed E-state index contributed by atoms with van der Waals surface area (Å²) in [6.07, 6.45) is 0.416. The molecule has 2 fully saturated rings. The molecule has 2 heterocycles. The van der Waals surface area contributed by atoms with E-state index in [9.17, 15) is 17.9 Å². The van der Waals surface area contributed by atoms with Gasteiger partial charge in [-0.15, -0.1) is 0 Å². The molecule has 3 rings (SSSR count). The number of piperazine rings is 1. The molecular formula is C16H24FN3O3S. The third-order valence-corrected chi connectivity index (χ3v) is 6.72. The molecule has 8 heteroatoms. The van der Waals surface area contributed by atoms with Crippen molar-refractivity contribution in [1.29, 1.82) is 0 Å². The molecule has 1 aromatic rings. The first kappa shape index (κ1) is 17.8. The van der Waals surface area contributed by atoms with Crippen LogP contribution >= 0.6 is 0 Å². The molecule has 1 atom stereocenters. The second-order valence-corrected chi connectivity index (χ2v) is 8.78. The summed E-state index contributed by atoms with van der Waals surface area (Å²) in [5.74, 6) is -0.470. The van der Waals surface area contributed by atoms with Crippen LogP contribution in [0.1, 0.15) is 6.42 Å². The number of sulfonamides is 1. The zero-order chi connectivity index (χ0) is 17.4. The van der Waals surface area contributed by atoms with E-state index in [1.54, 1.807) is 0 Å². The van der Waals surface area contributed by atoms with Crippen molar-refractivity contribution in [2.24, 2.45) is 0 Å². The lowest BCUT2D eigenvalue weighted by Gasteiger charge is -2.36. The van der Waals surface area contributed by atoms with Gasteiger partial charge < -0.3 is 10.0 Å². The van der Waals surface area contributed by atoms with Crippen molar-refractivity contribution in [3.63, 3.8) is 0 Å². The number of hydrogen-bond acceptors (Lipinski definition) is 5. The maximum absolute atomic E-state index is 13.0. The molecule has 0 aromatic heterocycles. The molecule has 6 nitrogen and oxygen atoms in total. The van der Waals surface area contributed by atoms with Crippen molar-refractivity contribution >= 4 is 10.0 Å². The molecule has 134 valence electrons. The highest BCUT2D eigenvalue weighted by molar-refractivity contribution is 7.89. The summed E-state index contributed by atoms with van der Waals surface area (Å²) >= 11 is 0. The average Bonchev–Trinajstić information content (AvgIpc) is 2.93. The van der Waals surface area contributed by atoms with E-state index in [1.807, 2.05) is 0 Å². The fraction of sp³-hybridized carbons (Fsp3) is 0.625. The lowest BCUT2D eigenvalue weighted by Crippen LogP contribution is -2.52. The summed E-state index contributed by atoms with van der Waals surface area (Å²) in [6.45, 7) is 4.51. The van der Waals surface area contributed by atoms with Crippen LogP contribution in [-0.4, -0.2) is 86.1 Å². The molecule has 0 aliphatic carbocycles. The average molecular weight is 357 g/mol. The number of nitrogens with zero attached hydrogens (tertiary/aromatic N) is 3. The van der Waals surface area contributed by atoms with Gasteiger partial charge in [0.1, 0.15) is 5.82 Å². The number of halogens is 1. The van der Waals surface area contributed by atoms with Gasteiger partial charge in [0.25, 0.3) is 0 Å². The first-order chi connectivity index (χ1) is 11.3. The van der Waals surface area contributed by atoms with Gasteiger partial charge in [0, 0.05) is 45.8 Å². The molecule has 2 saturated heterocycles. The Morgan fingerprint density at radius 3 is 2.38 bits per heavy atom. The van der Waals surface area contributed by atoms with E-state index < -0.39 is 21.4 Å². The Balaban J connectivity index is 1.66. The van der Waals surface area contributed by atoms with E-state index in [2.05, 4.69) is 16.8 Å². The Hall–Kier alpha value is -1.06. The molecule has 24 heavy (non-hydrogen) atoms. The second kappa shape index (κ2) is 6.68. The van der Waals surface area contributed by atoms with E-state index >= 15 is 0 Å². The Morgan fingerprint density at radius 2 is 1.75 bits per heavy atom. The minimum absolute atomic E-state index is 0.0627. The third-order valence-electron chi connectivity index (χ3n) is 4.86. The number of hydrogen-bond donors (Lipinski definition) is 1. The van der Waals surface area contributed by atoms with Crippen LogP contribution in [0, 0.1) is 5.82 Å². The standard InChI is InChI=1S/C16H24FN3O3S/c1-18-8-10-19(11-9-18)12-16(21)6-7-20(13-16)24(22,23)15-4-2-14(17)3-5-15/h2-5,21H,6-13H2,1H3. The van der Waals surface area contributed by atoms with Crippen LogP contribution < -0.4 is 0 Å². The summed E-state index contributed by atoms with van der Waals surface area (Å²) in [4.78, 5) is 4.49. The van der Waals surface area contributed by atoms with Gasteiger partial charge in [0.05, 0.1) is 10.5 Å². The first-order valence-electron chi connectivity index (χ1n) is 8.18. The van der Waals surface area contributed by atoms with Crippen molar-refractivity contribution < 1.29 is 17.9 Å². The van der Waals surface area contributed by atoms with Crippen LogP contribution in [0.2, 0.25) is 0 Å². The summed E-state index contributed by atoms with van der Waals surface area (Å²) in [5, 5.41) is 10.8. The lowest BCUT2D eigenvalue weighted by molar-refractivity contribution is 0.00424. The predicted molar refractivity (Wildman–Crippen MR) is 88.7 cm³/mol. The molecule has 0 amide bonds. The van der Waals surface area contributed by atoms with E-state index in [1.165, 1.54) is 16.4 Å². The van der Waals surface area contributed by atoms with Gasteiger partial charge in [0.2, 0.25) is 10.0 Å². The smallest absolute Gasteiger partial charge is 0.243 e. The van der Waals surface area contributed by atoms with Gasteiger partial charge in [0.15, 0.2) is 0 Å². The molecule has 0 spiro atoms. The maximum Gasteiger partial charge on any atom is 0.243 e. The van der Waals surface area contributed by atoms with Crippen molar-refractivity contribution in [3.8, 4) is 0 Å². The maximum atomic E-state index is 13.0. The van der Waals surface area contributed by atoms with Crippen LogP contribution in [0.15, 0.2) is 29.2 Å². The number of likely N-dealkylation sites (N-methyl/N-ethyl adjacent to an activating group) is 1. The summed E-state index contributed by atoms with van der Waals surface area (Å²) in [5.41, 5.74) is -1.02. The highest BCUT2D eigenvalue weighted by Crippen LogP contribution is 2.28. The zero-order valence-corrected chi connectivity index (χ0v) is 14.7. The molecule has 0 bridgehead atoms. The molecular weight excluding hydrogens is 333 g/mol. The third kappa shape index (κ3) is 3.78. The van der Waals surface area contributed by atoms with Crippen molar-refractivity contribution in [2.45, 2.75) is 16.9 Å². The van der Waals surface area contributed by atoms with Gasteiger partial charge in [-0.25, -0.2) is 12.8 Å². The van der Waals surface area contributed by atoms with Crippen molar-refractivity contribution in [3.05, 3.63) is 30.1 Å². The summed E-state index contributed by atoms with van der Waals surface area (Å²) in [6, 6.07) is 4.81. The molecule has 2 aliphatic heterocycles. The SMILES string of the molecule is CN1CCN(CC2(O)CCN(S(=O)(=O)c3ccc(F)cc3)C2)CC1. The molecule has 2 aliphatic rings. The zero-order valence-electron chi connectivity index (χ0n) is 13.9. The number of rotatable bonds is 4. The van der Waals surface area contributed by atoms with E-state index in [0.717, 1.165) is 38.3 Å². The minimum Gasteiger partial charge on any atom is -0.387 e. The Labute approximate surface area is 142 Å². The number of benzene rings is 1. The molecule has 0 saturated carbocycles. The van der Waals surface area contributed by atoms with Gasteiger partial charge >= 0.3 is 0 Å². The van der Waals surface area contributed by atoms with Crippen molar-refractivity contribution in [1.82, 2.24) is 14.1 Å². The van der Waals surface area contributed by atoms with Crippen LogP contribution in [-0.2, 0) is 10.0 Å². The topological polar surface area (TPSA) is 64.1 Å².